The second kappa shape index (κ2) is 9.15. The van der Waals surface area contributed by atoms with Crippen molar-refractivity contribution in [1.82, 2.24) is 4.57 Å². The Morgan fingerprint density at radius 2 is 1.76 bits per heavy atom. The van der Waals surface area contributed by atoms with Crippen LogP contribution in [0.5, 0.6) is 5.75 Å². The Labute approximate surface area is 203 Å². The van der Waals surface area contributed by atoms with Gasteiger partial charge in [-0.2, -0.15) is 0 Å². The van der Waals surface area contributed by atoms with Gasteiger partial charge in [-0.25, -0.2) is 4.39 Å². The van der Waals surface area contributed by atoms with Gasteiger partial charge >= 0.3 is 5.97 Å². The number of ether oxygens (including phenoxy) is 1. The zero-order valence-electron chi connectivity index (χ0n) is 19.7. The molecule has 0 fully saturated rings. The van der Waals surface area contributed by atoms with Crippen molar-refractivity contribution >= 4 is 28.5 Å². The molecule has 4 aromatic rings. The number of aromatic nitrogens is 1. The van der Waals surface area contributed by atoms with Crippen LogP contribution in [0.3, 0.4) is 0 Å². The van der Waals surface area contributed by atoms with Gasteiger partial charge in [0.2, 0.25) is 0 Å². The summed E-state index contributed by atoms with van der Waals surface area (Å²) in [7, 11) is 1.56. The average Bonchev–Trinajstić information content (AvgIpc) is 3.04. The highest BCUT2D eigenvalue weighted by Gasteiger charge is 2.31. The number of para-hydroxylation sites is 1. The zero-order chi connectivity index (χ0) is 24.6. The monoisotopic (exact) mass is 479 g/mol. The number of halogens is 2. The van der Waals surface area contributed by atoms with Crippen LogP contribution in [0.25, 0.3) is 22.0 Å². The molecular formula is C28H27ClFNO3. The molecule has 0 bridgehead atoms. The normalized spacial score (nSPS) is 11.7. The topological polar surface area (TPSA) is 51.5 Å². The number of aryl methyl sites for hydroxylation is 1. The number of aliphatic carboxylic acids is 1. The van der Waals surface area contributed by atoms with Gasteiger partial charge in [-0.15, -0.1) is 0 Å². The number of methoxy groups -OCH3 is 1. The maximum Gasteiger partial charge on any atom is 0.309 e. The van der Waals surface area contributed by atoms with Gasteiger partial charge in [0, 0.05) is 40.2 Å². The van der Waals surface area contributed by atoms with E-state index in [4.69, 9.17) is 16.3 Å². The molecule has 0 aliphatic carbocycles. The van der Waals surface area contributed by atoms with E-state index in [1.807, 2.05) is 60.0 Å². The molecule has 1 aromatic heterocycles. The molecule has 0 saturated heterocycles. The largest absolute Gasteiger partial charge is 0.496 e. The molecule has 1 heterocycles. The fourth-order valence-corrected chi connectivity index (χ4v) is 4.46. The van der Waals surface area contributed by atoms with Gasteiger partial charge < -0.3 is 14.4 Å². The van der Waals surface area contributed by atoms with Crippen LogP contribution < -0.4 is 4.74 Å². The number of rotatable bonds is 7. The summed E-state index contributed by atoms with van der Waals surface area (Å²) in [6.45, 7) is 5.86. The highest BCUT2D eigenvalue weighted by molar-refractivity contribution is 6.30. The molecule has 0 radical (unpaired) electrons. The van der Waals surface area contributed by atoms with Gasteiger partial charge in [-0.1, -0.05) is 41.9 Å². The molecule has 4 nitrogen and oxygen atoms in total. The third-order valence-electron chi connectivity index (χ3n) is 6.38. The minimum absolute atomic E-state index is 0.308. The van der Waals surface area contributed by atoms with Crippen LogP contribution in [0.1, 0.15) is 30.7 Å². The van der Waals surface area contributed by atoms with Crippen LogP contribution in [0.15, 0.2) is 60.7 Å². The van der Waals surface area contributed by atoms with E-state index in [0.29, 0.717) is 34.9 Å². The molecule has 0 aliphatic heterocycles. The number of benzene rings is 3. The number of carbonyl (C=O) groups is 1. The number of hydrogen-bond donors (Lipinski definition) is 1. The summed E-state index contributed by atoms with van der Waals surface area (Å²) in [5.74, 6) is -0.654. The fraction of sp³-hybridized carbons (Fsp3) is 0.250. The molecule has 3 aromatic carbocycles. The maximum absolute atomic E-state index is 15.5. The minimum atomic E-state index is -0.985. The molecule has 0 unspecified atom stereocenters. The lowest BCUT2D eigenvalue weighted by Gasteiger charge is -2.21. The first-order valence-corrected chi connectivity index (χ1v) is 11.4. The summed E-state index contributed by atoms with van der Waals surface area (Å²) in [6.07, 6.45) is 0.308. The predicted molar refractivity (Wildman–Crippen MR) is 134 cm³/mol. The maximum atomic E-state index is 15.5. The Balaban J connectivity index is 1.95. The Morgan fingerprint density at radius 3 is 2.41 bits per heavy atom. The average molecular weight is 480 g/mol. The van der Waals surface area contributed by atoms with Crippen LogP contribution in [0, 0.1) is 18.2 Å². The van der Waals surface area contributed by atoms with Gasteiger partial charge in [0.1, 0.15) is 11.6 Å². The van der Waals surface area contributed by atoms with Crippen LogP contribution in [-0.2, 0) is 17.8 Å². The second-order valence-corrected chi connectivity index (χ2v) is 9.64. The van der Waals surface area contributed by atoms with E-state index in [-0.39, 0.29) is 5.82 Å². The van der Waals surface area contributed by atoms with Crippen molar-refractivity contribution in [3.63, 3.8) is 0 Å². The Bertz CT molecular complexity index is 1370. The molecule has 6 heteroatoms. The van der Waals surface area contributed by atoms with E-state index >= 15 is 4.39 Å². The van der Waals surface area contributed by atoms with E-state index in [2.05, 4.69) is 0 Å². The van der Waals surface area contributed by atoms with Gasteiger partial charge in [0.15, 0.2) is 0 Å². The summed E-state index contributed by atoms with van der Waals surface area (Å²) < 4.78 is 23.0. The van der Waals surface area contributed by atoms with Crippen LogP contribution in [-0.4, -0.2) is 22.8 Å². The highest BCUT2D eigenvalue weighted by Crippen LogP contribution is 2.38. The van der Waals surface area contributed by atoms with Crippen LogP contribution >= 0.6 is 11.6 Å². The molecule has 176 valence electrons. The number of nitrogens with zero attached hydrogens (tertiary/aromatic N) is 1. The van der Waals surface area contributed by atoms with Crippen molar-refractivity contribution in [2.75, 3.05) is 7.11 Å². The molecule has 34 heavy (non-hydrogen) atoms. The fourth-order valence-electron chi connectivity index (χ4n) is 4.34. The molecule has 0 aliphatic rings. The predicted octanol–water partition coefficient (Wildman–Crippen LogP) is 7.12. The van der Waals surface area contributed by atoms with Crippen molar-refractivity contribution in [2.45, 2.75) is 33.7 Å². The molecule has 1 N–H and O–H groups in total. The lowest BCUT2D eigenvalue weighted by Crippen LogP contribution is -2.27. The van der Waals surface area contributed by atoms with Crippen molar-refractivity contribution < 1.29 is 19.0 Å². The number of fused-ring (bicyclic) bond motifs is 1. The molecular weight excluding hydrogens is 453 g/mol. The molecule has 0 amide bonds. The van der Waals surface area contributed by atoms with E-state index in [1.54, 1.807) is 27.0 Å². The van der Waals surface area contributed by atoms with Gasteiger partial charge in [0.05, 0.1) is 18.0 Å². The van der Waals surface area contributed by atoms with Crippen molar-refractivity contribution in [3.8, 4) is 16.9 Å². The Hall–Kier alpha value is -3.31. The summed E-state index contributed by atoms with van der Waals surface area (Å²) >= 11 is 6.06. The van der Waals surface area contributed by atoms with Crippen molar-refractivity contribution in [1.29, 1.82) is 0 Å². The third-order valence-corrected chi connectivity index (χ3v) is 6.63. The lowest BCUT2D eigenvalue weighted by molar-refractivity contribution is -0.146. The standard InChI is InChI=1S/C28H27ClFNO3/c1-17-21-13-22(20-7-5-6-8-26(20)34-4)23(30)14-24(21)31(16-18-9-11-19(29)12-10-18)25(17)15-28(2,3)27(32)33/h5-14H,15-16H2,1-4H3,(H,32,33). The molecule has 0 saturated carbocycles. The van der Waals surface area contributed by atoms with Crippen LogP contribution in [0.2, 0.25) is 5.02 Å². The Morgan fingerprint density at radius 1 is 1.09 bits per heavy atom. The van der Waals surface area contributed by atoms with Gasteiger partial charge in [-0.05, 0) is 62.2 Å². The van der Waals surface area contributed by atoms with E-state index in [0.717, 1.165) is 27.7 Å². The number of carboxylic acids is 1. The number of carboxylic acid groups (broad SMARTS) is 1. The second-order valence-electron chi connectivity index (χ2n) is 9.20. The van der Waals surface area contributed by atoms with E-state index < -0.39 is 11.4 Å². The first-order chi connectivity index (χ1) is 16.1. The SMILES string of the molecule is COc1ccccc1-c1cc2c(C)c(CC(C)(C)C(=O)O)n(Cc3ccc(Cl)cc3)c2cc1F. The lowest BCUT2D eigenvalue weighted by atomic mass is 9.87. The molecule has 0 atom stereocenters. The summed E-state index contributed by atoms with van der Waals surface area (Å²) in [5.41, 5.74) is 3.65. The Kier molecular flexibility index (Phi) is 6.41. The summed E-state index contributed by atoms with van der Waals surface area (Å²) in [5, 5.41) is 11.3. The van der Waals surface area contributed by atoms with E-state index in [1.165, 1.54) is 6.07 Å². The molecule has 0 spiro atoms. The van der Waals surface area contributed by atoms with Crippen molar-refractivity contribution in [2.24, 2.45) is 5.41 Å². The first kappa shape index (κ1) is 23.8. The van der Waals surface area contributed by atoms with Crippen molar-refractivity contribution in [3.05, 3.63) is 88.3 Å². The summed E-state index contributed by atoms with van der Waals surface area (Å²) in [6, 6.07) is 18.2. The van der Waals surface area contributed by atoms with Gasteiger partial charge in [-0.3, -0.25) is 4.79 Å². The van der Waals surface area contributed by atoms with Gasteiger partial charge in [0.25, 0.3) is 0 Å². The smallest absolute Gasteiger partial charge is 0.309 e. The quantitative estimate of drug-likeness (QED) is 0.307. The number of hydrogen-bond acceptors (Lipinski definition) is 2. The molecule has 4 rings (SSSR count). The third kappa shape index (κ3) is 4.40. The highest BCUT2D eigenvalue weighted by atomic mass is 35.5. The van der Waals surface area contributed by atoms with E-state index in [9.17, 15) is 9.90 Å². The van der Waals surface area contributed by atoms with Crippen LogP contribution in [0.4, 0.5) is 4.39 Å². The minimum Gasteiger partial charge on any atom is -0.496 e. The summed E-state index contributed by atoms with van der Waals surface area (Å²) in [4.78, 5) is 11.9. The zero-order valence-corrected chi connectivity index (χ0v) is 20.4. The first-order valence-electron chi connectivity index (χ1n) is 11.0.